The Bertz CT molecular complexity index is 376. The third-order valence-electron chi connectivity index (χ3n) is 3.62. The SMILES string of the molecule is O=C(O)CCCCN1C(=O)[C@H]2CC=CC[C@H]2C1=O. The molecular weight excluding hydrogens is 234 g/mol. The van der Waals surface area contributed by atoms with Gasteiger partial charge in [0.1, 0.15) is 0 Å². The molecule has 1 saturated heterocycles. The smallest absolute Gasteiger partial charge is 0.303 e. The Kier molecular flexibility index (Phi) is 3.79. The Morgan fingerprint density at radius 3 is 2.22 bits per heavy atom. The van der Waals surface area contributed by atoms with Gasteiger partial charge in [0.25, 0.3) is 0 Å². The summed E-state index contributed by atoms with van der Waals surface area (Å²) in [5, 5.41) is 8.52. The zero-order chi connectivity index (χ0) is 13.1. The van der Waals surface area contributed by atoms with Crippen molar-refractivity contribution in [2.24, 2.45) is 11.8 Å². The number of unbranched alkanes of at least 4 members (excludes halogenated alkanes) is 1. The quantitative estimate of drug-likeness (QED) is 0.452. The van der Waals surface area contributed by atoms with Gasteiger partial charge in [-0.15, -0.1) is 0 Å². The van der Waals surface area contributed by atoms with Crippen LogP contribution in [0.15, 0.2) is 12.2 Å². The standard InChI is InChI=1S/C13H17NO4/c15-11(16)7-3-4-8-14-12(17)9-5-1-2-6-10(9)13(14)18/h1-2,9-10H,3-8H2,(H,15,16)/t9-,10+. The average molecular weight is 251 g/mol. The second-order valence-electron chi connectivity index (χ2n) is 4.83. The Labute approximate surface area is 105 Å². The fourth-order valence-electron chi connectivity index (χ4n) is 2.64. The second-order valence-corrected chi connectivity index (χ2v) is 4.83. The summed E-state index contributed by atoms with van der Waals surface area (Å²) in [7, 11) is 0. The van der Waals surface area contributed by atoms with E-state index in [2.05, 4.69) is 0 Å². The Morgan fingerprint density at radius 1 is 1.17 bits per heavy atom. The molecule has 1 aliphatic carbocycles. The summed E-state index contributed by atoms with van der Waals surface area (Å²) in [6.45, 7) is 0.359. The largest absolute Gasteiger partial charge is 0.481 e. The van der Waals surface area contributed by atoms with E-state index in [0.717, 1.165) is 0 Å². The number of hydrogen-bond donors (Lipinski definition) is 1. The van der Waals surface area contributed by atoms with Crippen molar-refractivity contribution >= 4 is 17.8 Å². The first-order valence-corrected chi connectivity index (χ1v) is 6.33. The number of rotatable bonds is 5. The van der Waals surface area contributed by atoms with Gasteiger partial charge in [-0.2, -0.15) is 0 Å². The molecule has 0 saturated carbocycles. The molecule has 0 bridgehead atoms. The zero-order valence-corrected chi connectivity index (χ0v) is 10.2. The van der Waals surface area contributed by atoms with Crippen molar-refractivity contribution in [3.8, 4) is 0 Å². The predicted octanol–water partition coefficient (Wildman–Crippen LogP) is 1.19. The van der Waals surface area contributed by atoms with Crippen LogP contribution in [0.4, 0.5) is 0 Å². The molecule has 1 fully saturated rings. The van der Waals surface area contributed by atoms with Gasteiger partial charge in [0.2, 0.25) is 11.8 Å². The molecule has 5 nitrogen and oxygen atoms in total. The van der Waals surface area contributed by atoms with Gasteiger partial charge in [-0.1, -0.05) is 12.2 Å². The third-order valence-corrected chi connectivity index (χ3v) is 3.62. The number of carbonyl (C=O) groups is 3. The number of amides is 2. The molecule has 0 spiro atoms. The van der Waals surface area contributed by atoms with Crippen molar-refractivity contribution in [2.75, 3.05) is 6.54 Å². The summed E-state index contributed by atoms with van der Waals surface area (Å²) in [5.41, 5.74) is 0. The van der Waals surface area contributed by atoms with Gasteiger partial charge in [-0.25, -0.2) is 0 Å². The van der Waals surface area contributed by atoms with E-state index in [-0.39, 0.29) is 30.1 Å². The van der Waals surface area contributed by atoms with E-state index >= 15 is 0 Å². The average Bonchev–Trinajstić information content (AvgIpc) is 2.59. The van der Waals surface area contributed by atoms with Gasteiger partial charge in [0.15, 0.2) is 0 Å². The van der Waals surface area contributed by atoms with Gasteiger partial charge < -0.3 is 5.11 Å². The molecule has 5 heteroatoms. The van der Waals surface area contributed by atoms with E-state index in [1.165, 1.54) is 4.90 Å². The fourth-order valence-corrected chi connectivity index (χ4v) is 2.64. The Morgan fingerprint density at radius 2 is 1.72 bits per heavy atom. The molecular formula is C13H17NO4. The number of aliphatic carboxylic acids is 1. The van der Waals surface area contributed by atoms with E-state index in [1.54, 1.807) is 0 Å². The molecule has 18 heavy (non-hydrogen) atoms. The maximum Gasteiger partial charge on any atom is 0.303 e. The van der Waals surface area contributed by atoms with Gasteiger partial charge in [0.05, 0.1) is 11.8 Å². The van der Waals surface area contributed by atoms with Crippen molar-refractivity contribution in [3.05, 3.63) is 12.2 Å². The first-order chi connectivity index (χ1) is 8.61. The van der Waals surface area contributed by atoms with Crippen LogP contribution in [0, 0.1) is 11.8 Å². The van der Waals surface area contributed by atoms with Gasteiger partial charge in [0, 0.05) is 13.0 Å². The number of carbonyl (C=O) groups excluding carboxylic acids is 2. The number of carboxylic acid groups (broad SMARTS) is 1. The molecule has 1 heterocycles. The lowest BCUT2D eigenvalue weighted by atomic mass is 9.85. The van der Waals surface area contributed by atoms with Gasteiger partial charge in [-0.3, -0.25) is 19.3 Å². The van der Waals surface area contributed by atoms with Crippen molar-refractivity contribution in [1.82, 2.24) is 4.90 Å². The van der Waals surface area contributed by atoms with E-state index < -0.39 is 5.97 Å². The molecule has 0 aromatic heterocycles. The van der Waals surface area contributed by atoms with Crippen LogP contribution in [-0.2, 0) is 14.4 Å². The topological polar surface area (TPSA) is 74.7 Å². The molecule has 2 rings (SSSR count). The highest BCUT2D eigenvalue weighted by molar-refractivity contribution is 6.05. The maximum atomic E-state index is 12.0. The summed E-state index contributed by atoms with van der Waals surface area (Å²) in [6.07, 6.45) is 6.38. The maximum absolute atomic E-state index is 12.0. The Hall–Kier alpha value is -1.65. The van der Waals surface area contributed by atoms with Crippen LogP contribution >= 0.6 is 0 Å². The molecule has 0 unspecified atom stereocenters. The number of nitrogens with zero attached hydrogens (tertiary/aromatic N) is 1. The summed E-state index contributed by atoms with van der Waals surface area (Å²) in [4.78, 5) is 35.8. The molecule has 2 amide bonds. The monoisotopic (exact) mass is 251 g/mol. The minimum atomic E-state index is -0.841. The van der Waals surface area contributed by atoms with E-state index in [4.69, 9.17) is 5.11 Å². The van der Waals surface area contributed by atoms with Crippen LogP contribution < -0.4 is 0 Å². The van der Waals surface area contributed by atoms with Crippen LogP contribution in [0.25, 0.3) is 0 Å². The lowest BCUT2D eigenvalue weighted by Crippen LogP contribution is -2.32. The lowest BCUT2D eigenvalue weighted by molar-refractivity contribution is -0.139. The molecule has 0 radical (unpaired) electrons. The van der Waals surface area contributed by atoms with Crippen LogP contribution in [0.1, 0.15) is 32.1 Å². The highest BCUT2D eigenvalue weighted by Crippen LogP contribution is 2.35. The fraction of sp³-hybridized carbons (Fsp3) is 0.615. The summed E-state index contributed by atoms with van der Waals surface area (Å²) < 4.78 is 0. The van der Waals surface area contributed by atoms with Crippen molar-refractivity contribution in [1.29, 1.82) is 0 Å². The number of likely N-dealkylation sites (tertiary alicyclic amines) is 1. The highest BCUT2D eigenvalue weighted by atomic mass is 16.4. The Balaban J connectivity index is 1.88. The molecule has 1 N–H and O–H groups in total. The first kappa shape index (κ1) is 12.8. The molecule has 1 aliphatic heterocycles. The van der Waals surface area contributed by atoms with Crippen LogP contribution in [0.5, 0.6) is 0 Å². The zero-order valence-electron chi connectivity index (χ0n) is 10.2. The van der Waals surface area contributed by atoms with E-state index in [0.29, 0.717) is 32.2 Å². The predicted molar refractivity (Wildman–Crippen MR) is 63.6 cm³/mol. The number of carboxylic acids is 1. The number of imide groups is 1. The summed E-state index contributed by atoms with van der Waals surface area (Å²) in [6, 6.07) is 0. The third kappa shape index (κ3) is 2.44. The summed E-state index contributed by atoms with van der Waals surface area (Å²) >= 11 is 0. The minimum absolute atomic E-state index is 0.0790. The van der Waals surface area contributed by atoms with Crippen LogP contribution in [-0.4, -0.2) is 34.3 Å². The highest BCUT2D eigenvalue weighted by Gasteiger charge is 2.46. The van der Waals surface area contributed by atoms with E-state index in [1.807, 2.05) is 12.2 Å². The molecule has 2 aliphatic rings. The lowest BCUT2D eigenvalue weighted by Gasteiger charge is -2.14. The first-order valence-electron chi connectivity index (χ1n) is 6.33. The van der Waals surface area contributed by atoms with Gasteiger partial charge >= 0.3 is 5.97 Å². The van der Waals surface area contributed by atoms with E-state index in [9.17, 15) is 14.4 Å². The number of hydrogen-bond acceptors (Lipinski definition) is 3. The molecule has 2 atom stereocenters. The van der Waals surface area contributed by atoms with Crippen molar-refractivity contribution in [3.63, 3.8) is 0 Å². The normalized spacial score (nSPS) is 26.6. The van der Waals surface area contributed by atoms with Crippen LogP contribution in [0.2, 0.25) is 0 Å². The molecule has 0 aromatic carbocycles. The van der Waals surface area contributed by atoms with Crippen molar-refractivity contribution in [2.45, 2.75) is 32.1 Å². The summed E-state index contributed by atoms with van der Waals surface area (Å²) in [5.74, 6) is -1.36. The van der Waals surface area contributed by atoms with Gasteiger partial charge in [-0.05, 0) is 25.7 Å². The second kappa shape index (κ2) is 5.33. The number of allylic oxidation sites excluding steroid dienone is 2. The van der Waals surface area contributed by atoms with Crippen LogP contribution in [0.3, 0.4) is 0 Å². The molecule has 98 valence electrons. The van der Waals surface area contributed by atoms with Crippen molar-refractivity contribution < 1.29 is 19.5 Å². The molecule has 0 aromatic rings. The number of fused-ring (bicyclic) bond motifs is 1. The minimum Gasteiger partial charge on any atom is -0.481 e.